The lowest BCUT2D eigenvalue weighted by Gasteiger charge is -2.23. The highest BCUT2D eigenvalue weighted by Gasteiger charge is 2.18. The van der Waals surface area contributed by atoms with Gasteiger partial charge in [-0.25, -0.2) is 0 Å². The van der Waals surface area contributed by atoms with Gasteiger partial charge in [-0.05, 0) is 53.1 Å². The van der Waals surface area contributed by atoms with E-state index in [1.165, 1.54) is 5.39 Å². The fourth-order valence-corrected chi connectivity index (χ4v) is 3.81. The van der Waals surface area contributed by atoms with Gasteiger partial charge >= 0.3 is 0 Å². The average molecular weight is 381 g/mol. The summed E-state index contributed by atoms with van der Waals surface area (Å²) in [5.41, 5.74) is 2.83. The van der Waals surface area contributed by atoms with Crippen molar-refractivity contribution in [2.24, 2.45) is 0 Å². The van der Waals surface area contributed by atoms with Gasteiger partial charge in [-0.2, -0.15) is 5.26 Å². The Morgan fingerprint density at radius 2 is 1.69 bits per heavy atom. The number of carbonyl (C=O) groups is 1. The van der Waals surface area contributed by atoms with E-state index in [0.717, 1.165) is 42.7 Å². The van der Waals surface area contributed by atoms with E-state index in [-0.39, 0.29) is 5.91 Å². The number of rotatable bonds is 3. The molecule has 4 heteroatoms. The van der Waals surface area contributed by atoms with Gasteiger partial charge in [-0.1, -0.05) is 42.5 Å². The van der Waals surface area contributed by atoms with E-state index in [4.69, 9.17) is 5.26 Å². The average Bonchev–Trinajstić information content (AvgIpc) is 3.04. The van der Waals surface area contributed by atoms with Gasteiger partial charge in [0, 0.05) is 37.9 Å². The van der Waals surface area contributed by atoms with E-state index in [9.17, 15) is 4.79 Å². The fraction of sp³-hybridized carbons (Fsp3) is 0.200. The van der Waals surface area contributed by atoms with Gasteiger partial charge in [0.1, 0.15) is 0 Å². The Kier molecular flexibility index (Phi) is 5.58. The third kappa shape index (κ3) is 4.30. The molecular weight excluding hydrogens is 358 g/mol. The number of carbonyl (C=O) groups excluding carboxylic acids is 1. The van der Waals surface area contributed by atoms with Crippen LogP contribution in [0.25, 0.3) is 16.8 Å². The number of hydrogen-bond donors (Lipinski definition) is 0. The van der Waals surface area contributed by atoms with Crippen LogP contribution in [0.15, 0.2) is 72.8 Å². The van der Waals surface area contributed by atoms with Crippen molar-refractivity contribution in [1.29, 1.82) is 5.26 Å². The summed E-state index contributed by atoms with van der Waals surface area (Å²) in [6.45, 7) is 3.15. The molecule has 1 saturated heterocycles. The van der Waals surface area contributed by atoms with Crippen LogP contribution in [-0.4, -0.2) is 37.0 Å². The molecule has 1 fully saturated rings. The first-order valence-electron chi connectivity index (χ1n) is 9.94. The standard InChI is InChI=1S/C25H23N3O/c26-19-20-9-12-23(13-10-20)27-15-4-16-28(18-17-27)25(29)14-11-22-7-3-6-21-5-1-2-8-24(21)22/h1-3,5-14H,4,15-18H2/b14-11+. The second kappa shape index (κ2) is 8.62. The van der Waals surface area contributed by atoms with E-state index in [0.29, 0.717) is 12.1 Å². The molecule has 3 aromatic rings. The third-order valence-corrected chi connectivity index (χ3v) is 5.40. The summed E-state index contributed by atoms with van der Waals surface area (Å²) in [4.78, 5) is 17.0. The van der Waals surface area contributed by atoms with Gasteiger partial charge in [0.25, 0.3) is 0 Å². The molecule has 0 spiro atoms. The Morgan fingerprint density at radius 3 is 2.52 bits per heavy atom. The lowest BCUT2D eigenvalue weighted by molar-refractivity contribution is -0.125. The Hall–Kier alpha value is -3.58. The molecule has 3 aromatic carbocycles. The maximum Gasteiger partial charge on any atom is 0.246 e. The largest absolute Gasteiger partial charge is 0.370 e. The smallest absolute Gasteiger partial charge is 0.246 e. The molecule has 4 nitrogen and oxygen atoms in total. The molecule has 1 amide bonds. The summed E-state index contributed by atoms with van der Waals surface area (Å²) >= 11 is 0. The van der Waals surface area contributed by atoms with E-state index < -0.39 is 0 Å². The molecule has 0 unspecified atom stereocenters. The summed E-state index contributed by atoms with van der Waals surface area (Å²) in [6, 6.07) is 24.2. The topological polar surface area (TPSA) is 47.3 Å². The van der Waals surface area contributed by atoms with Crippen LogP contribution < -0.4 is 4.90 Å². The number of amides is 1. The maximum absolute atomic E-state index is 12.8. The highest BCUT2D eigenvalue weighted by atomic mass is 16.2. The van der Waals surface area contributed by atoms with Gasteiger partial charge in [0.15, 0.2) is 0 Å². The summed E-state index contributed by atoms with van der Waals surface area (Å²) in [7, 11) is 0. The predicted octanol–water partition coefficient (Wildman–Crippen LogP) is 4.46. The zero-order valence-corrected chi connectivity index (χ0v) is 16.3. The van der Waals surface area contributed by atoms with E-state index in [1.807, 2.05) is 59.5 Å². The quantitative estimate of drug-likeness (QED) is 0.629. The van der Waals surface area contributed by atoms with E-state index in [1.54, 1.807) is 6.08 Å². The maximum atomic E-state index is 12.8. The predicted molar refractivity (Wildman–Crippen MR) is 118 cm³/mol. The summed E-state index contributed by atoms with van der Waals surface area (Å²) in [6.07, 6.45) is 4.54. The summed E-state index contributed by atoms with van der Waals surface area (Å²) in [5.74, 6) is 0.0552. The van der Waals surface area contributed by atoms with Gasteiger partial charge in [-0.3, -0.25) is 4.79 Å². The molecule has 0 aromatic heterocycles. The van der Waals surface area contributed by atoms with Crippen LogP contribution in [0.4, 0.5) is 5.69 Å². The zero-order chi connectivity index (χ0) is 20.1. The first-order chi connectivity index (χ1) is 14.2. The zero-order valence-electron chi connectivity index (χ0n) is 16.3. The Bertz CT molecular complexity index is 1070. The molecule has 144 valence electrons. The first kappa shape index (κ1) is 18.8. The van der Waals surface area contributed by atoms with E-state index in [2.05, 4.69) is 29.2 Å². The number of nitriles is 1. The number of anilines is 1. The fourth-order valence-electron chi connectivity index (χ4n) is 3.81. The van der Waals surface area contributed by atoms with Crippen LogP contribution in [0, 0.1) is 11.3 Å². The number of nitrogens with zero attached hydrogens (tertiary/aromatic N) is 3. The number of fused-ring (bicyclic) bond motifs is 1. The van der Waals surface area contributed by atoms with Gasteiger partial charge < -0.3 is 9.80 Å². The molecule has 1 heterocycles. The Labute approximate surface area is 171 Å². The molecule has 0 aliphatic carbocycles. The van der Waals surface area contributed by atoms with Crippen LogP contribution >= 0.6 is 0 Å². The third-order valence-electron chi connectivity index (χ3n) is 5.40. The highest BCUT2D eigenvalue weighted by Crippen LogP contribution is 2.20. The van der Waals surface area contributed by atoms with Crippen molar-refractivity contribution in [3.05, 3.63) is 83.9 Å². The van der Waals surface area contributed by atoms with E-state index >= 15 is 0 Å². The summed E-state index contributed by atoms with van der Waals surface area (Å²) < 4.78 is 0. The molecule has 0 bridgehead atoms. The first-order valence-corrected chi connectivity index (χ1v) is 9.94. The van der Waals surface area contributed by atoms with Crippen LogP contribution in [0.1, 0.15) is 17.5 Å². The van der Waals surface area contributed by atoms with Crippen LogP contribution in [-0.2, 0) is 4.79 Å². The highest BCUT2D eigenvalue weighted by molar-refractivity contribution is 5.96. The number of benzene rings is 3. The molecule has 29 heavy (non-hydrogen) atoms. The van der Waals surface area contributed by atoms with Crippen molar-refractivity contribution in [2.45, 2.75) is 6.42 Å². The lowest BCUT2D eigenvalue weighted by Crippen LogP contribution is -2.34. The second-order valence-corrected chi connectivity index (χ2v) is 7.23. The molecule has 0 N–H and O–H groups in total. The Morgan fingerprint density at radius 1 is 0.897 bits per heavy atom. The normalized spacial score (nSPS) is 14.7. The van der Waals surface area contributed by atoms with Crippen LogP contribution in [0.5, 0.6) is 0 Å². The molecule has 1 aliphatic heterocycles. The summed E-state index contributed by atoms with van der Waals surface area (Å²) in [5, 5.41) is 11.3. The van der Waals surface area contributed by atoms with Crippen molar-refractivity contribution < 1.29 is 4.79 Å². The molecule has 0 atom stereocenters. The molecule has 0 radical (unpaired) electrons. The molecular formula is C25H23N3O. The minimum Gasteiger partial charge on any atom is -0.370 e. The SMILES string of the molecule is N#Cc1ccc(N2CCCN(C(=O)/C=C/c3cccc4ccccc34)CC2)cc1. The second-order valence-electron chi connectivity index (χ2n) is 7.23. The van der Waals surface area contributed by atoms with Crippen LogP contribution in [0.3, 0.4) is 0 Å². The van der Waals surface area contributed by atoms with Crippen molar-refractivity contribution in [1.82, 2.24) is 4.90 Å². The Balaban J connectivity index is 1.43. The van der Waals surface area contributed by atoms with Crippen molar-refractivity contribution >= 4 is 28.4 Å². The van der Waals surface area contributed by atoms with Gasteiger partial charge in [-0.15, -0.1) is 0 Å². The number of hydrogen-bond acceptors (Lipinski definition) is 3. The van der Waals surface area contributed by atoms with Crippen LogP contribution in [0.2, 0.25) is 0 Å². The molecule has 4 rings (SSSR count). The minimum absolute atomic E-state index is 0.0552. The van der Waals surface area contributed by atoms with Gasteiger partial charge in [0.2, 0.25) is 5.91 Å². The molecule has 1 aliphatic rings. The van der Waals surface area contributed by atoms with Gasteiger partial charge in [0.05, 0.1) is 11.6 Å². The van der Waals surface area contributed by atoms with Crippen molar-refractivity contribution in [2.75, 3.05) is 31.1 Å². The monoisotopic (exact) mass is 381 g/mol. The van der Waals surface area contributed by atoms with Crippen molar-refractivity contribution in [3.63, 3.8) is 0 Å². The molecule has 0 saturated carbocycles. The lowest BCUT2D eigenvalue weighted by atomic mass is 10.0. The minimum atomic E-state index is 0.0552. The van der Waals surface area contributed by atoms with Crippen molar-refractivity contribution in [3.8, 4) is 6.07 Å².